The van der Waals surface area contributed by atoms with Crippen LogP contribution in [0.3, 0.4) is 0 Å². The summed E-state index contributed by atoms with van der Waals surface area (Å²) in [6.45, 7) is 0. The first-order chi connectivity index (χ1) is 6.04. The highest BCUT2D eigenvalue weighted by atomic mass is 19.3. The molecule has 0 heterocycles. The van der Waals surface area contributed by atoms with E-state index < -0.39 is 17.9 Å². The Balaban J connectivity index is 3.37. The fourth-order valence-electron chi connectivity index (χ4n) is 0.828. The molecule has 0 saturated heterocycles. The maximum absolute atomic E-state index is 12.1. The minimum absolute atomic E-state index is 0.00341. The van der Waals surface area contributed by atoms with E-state index in [-0.39, 0.29) is 19.3 Å². The third kappa shape index (κ3) is 7.36. The molecular formula is C8H11F3O2. The topological polar surface area (TPSA) is 37.3 Å². The Labute approximate surface area is 74.1 Å². The molecule has 0 aromatic rings. The Bertz CT molecular complexity index is 198. The Morgan fingerprint density at radius 3 is 2.00 bits per heavy atom. The van der Waals surface area contributed by atoms with E-state index in [0.717, 1.165) is 0 Å². The van der Waals surface area contributed by atoms with Crippen molar-refractivity contribution in [3.05, 3.63) is 11.9 Å². The molecular weight excluding hydrogens is 185 g/mol. The largest absolute Gasteiger partial charge is 0.481 e. The van der Waals surface area contributed by atoms with Crippen LogP contribution >= 0.6 is 0 Å². The van der Waals surface area contributed by atoms with E-state index >= 15 is 0 Å². The summed E-state index contributed by atoms with van der Waals surface area (Å²) in [5.74, 6) is -2.32. The van der Waals surface area contributed by atoms with Crippen LogP contribution in [0, 0.1) is 0 Å². The number of carbonyl (C=O) groups is 1. The summed E-state index contributed by atoms with van der Waals surface area (Å²) < 4.78 is 35.1. The van der Waals surface area contributed by atoms with Gasteiger partial charge in [0.25, 0.3) is 0 Å². The first-order valence-corrected chi connectivity index (χ1v) is 3.95. The second kappa shape index (κ2) is 6.51. The zero-order valence-corrected chi connectivity index (χ0v) is 7.02. The Kier molecular flexibility index (Phi) is 6.01. The Morgan fingerprint density at radius 1 is 1.00 bits per heavy atom. The quantitative estimate of drug-likeness (QED) is 0.662. The van der Waals surface area contributed by atoms with E-state index in [9.17, 15) is 18.0 Å². The zero-order valence-electron chi connectivity index (χ0n) is 7.02. The number of carboxylic acid groups (broad SMARTS) is 1. The lowest BCUT2D eigenvalue weighted by atomic mass is 10.1. The standard InChI is InChI=1S/C8H11F3O2/c9-6(8(10)11)4-2-1-3-5-7(12)13/h1-5H2,(H,12,13). The van der Waals surface area contributed by atoms with Gasteiger partial charge in [0.15, 0.2) is 5.83 Å². The molecule has 0 rings (SSSR count). The van der Waals surface area contributed by atoms with Crippen LogP contribution < -0.4 is 0 Å². The monoisotopic (exact) mass is 196 g/mol. The van der Waals surface area contributed by atoms with Crippen molar-refractivity contribution in [1.82, 2.24) is 0 Å². The fraction of sp³-hybridized carbons (Fsp3) is 0.625. The molecule has 0 aliphatic carbocycles. The molecule has 0 bridgehead atoms. The van der Waals surface area contributed by atoms with Crippen LogP contribution in [0.15, 0.2) is 11.9 Å². The summed E-state index contributed by atoms with van der Waals surface area (Å²) in [4.78, 5) is 10.0. The maximum Gasteiger partial charge on any atom is 0.303 e. The number of allylic oxidation sites excluding steroid dienone is 1. The number of carboxylic acids is 1. The summed E-state index contributed by atoms with van der Waals surface area (Å²) in [7, 11) is 0. The van der Waals surface area contributed by atoms with Crippen molar-refractivity contribution >= 4 is 5.97 Å². The van der Waals surface area contributed by atoms with E-state index in [0.29, 0.717) is 12.8 Å². The van der Waals surface area contributed by atoms with Gasteiger partial charge < -0.3 is 5.11 Å². The molecule has 0 atom stereocenters. The molecule has 0 spiro atoms. The smallest absolute Gasteiger partial charge is 0.303 e. The number of halogens is 3. The summed E-state index contributed by atoms with van der Waals surface area (Å²) >= 11 is 0. The van der Waals surface area contributed by atoms with Crippen LogP contribution in [0.2, 0.25) is 0 Å². The van der Waals surface area contributed by atoms with Crippen LogP contribution in [0.4, 0.5) is 13.2 Å². The van der Waals surface area contributed by atoms with Gasteiger partial charge in [0, 0.05) is 12.8 Å². The fourth-order valence-corrected chi connectivity index (χ4v) is 0.828. The SMILES string of the molecule is O=C(O)CCCCCC(F)=C(F)F. The third-order valence-electron chi connectivity index (χ3n) is 1.49. The summed E-state index contributed by atoms with van der Waals surface area (Å²) in [5, 5.41) is 8.21. The number of hydrogen-bond donors (Lipinski definition) is 1. The van der Waals surface area contributed by atoms with Crippen molar-refractivity contribution in [2.45, 2.75) is 32.1 Å². The van der Waals surface area contributed by atoms with Gasteiger partial charge in [0.2, 0.25) is 0 Å². The summed E-state index contributed by atoms with van der Waals surface area (Å²) in [6, 6.07) is 0. The van der Waals surface area contributed by atoms with Crippen molar-refractivity contribution in [1.29, 1.82) is 0 Å². The van der Waals surface area contributed by atoms with Gasteiger partial charge in [-0.15, -0.1) is 0 Å². The molecule has 0 aromatic carbocycles. The Morgan fingerprint density at radius 2 is 1.54 bits per heavy atom. The van der Waals surface area contributed by atoms with Crippen molar-refractivity contribution in [2.75, 3.05) is 0 Å². The van der Waals surface area contributed by atoms with E-state index in [2.05, 4.69) is 0 Å². The zero-order chi connectivity index (χ0) is 10.3. The van der Waals surface area contributed by atoms with Crippen LogP contribution in [0.1, 0.15) is 32.1 Å². The summed E-state index contributed by atoms with van der Waals surface area (Å²) in [5.41, 5.74) is 0. The second-order valence-corrected chi connectivity index (χ2v) is 2.62. The van der Waals surface area contributed by atoms with Gasteiger partial charge in [0.05, 0.1) is 0 Å². The van der Waals surface area contributed by atoms with E-state index in [1.54, 1.807) is 0 Å². The minimum Gasteiger partial charge on any atom is -0.481 e. The molecule has 0 saturated carbocycles. The minimum atomic E-state index is -2.28. The third-order valence-corrected chi connectivity index (χ3v) is 1.49. The maximum atomic E-state index is 12.1. The lowest BCUT2D eigenvalue weighted by molar-refractivity contribution is -0.137. The van der Waals surface area contributed by atoms with Gasteiger partial charge in [-0.05, 0) is 12.8 Å². The highest BCUT2D eigenvalue weighted by molar-refractivity contribution is 5.66. The molecule has 76 valence electrons. The Hall–Kier alpha value is -1.00. The average Bonchev–Trinajstić information content (AvgIpc) is 2.02. The van der Waals surface area contributed by atoms with E-state index in [1.165, 1.54) is 0 Å². The predicted molar refractivity (Wildman–Crippen MR) is 41.1 cm³/mol. The molecule has 0 aliphatic heterocycles. The highest BCUT2D eigenvalue weighted by Crippen LogP contribution is 2.16. The number of aliphatic carboxylic acids is 1. The molecule has 0 unspecified atom stereocenters. The molecule has 0 aliphatic rings. The second-order valence-electron chi connectivity index (χ2n) is 2.62. The predicted octanol–water partition coefficient (Wildman–Crippen LogP) is 3.10. The van der Waals surface area contributed by atoms with Crippen molar-refractivity contribution < 1.29 is 23.1 Å². The molecule has 0 fully saturated rings. The molecule has 2 nitrogen and oxygen atoms in total. The van der Waals surface area contributed by atoms with E-state index in [4.69, 9.17) is 5.11 Å². The number of rotatable bonds is 6. The highest BCUT2D eigenvalue weighted by Gasteiger charge is 2.04. The molecule has 0 radical (unpaired) electrons. The van der Waals surface area contributed by atoms with Gasteiger partial charge in [-0.25, -0.2) is 4.39 Å². The van der Waals surface area contributed by atoms with Crippen LogP contribution in [-0.4, -0.2) is 11.1 Å². The molecule has 0 aromatic heterocycles. The molecule has 13 heavy (non-hydrogen) atoms. The van der Waals surface area contributed by atoms with Gasteiger partial charge in [0.1, 0.15) is 0 Å². The van der Waals surface area contributed by atoms with Crippen molar-refractivity contribution in [3.63, 3.8) is 0 Å². The average molecular weight is 196 g/mol. The van der Waals surface area contributed by atoms with Crippen molar-refractivity contribution in [3.8, 4) is 0 Å². The van der Waals surface area contributed by atoms with Crippen molar-refractivity contribution in [2.24, 2.45) is 0 Å². The first kappa shape index (κ1) is 12.0. The normalized spacial score (nSPS) is 9.77. The number of hydrogen-bond acceptors (Lipinski definition) is 1. The van der Waals surface area contributed by atoms with Gasteiger partial charge in [-0.2, -0.15) is 8.78 Å². The molecule has 5 heteroatoms. The van der Waals surface area contributed by atoms with Gasteiger partial charge >= 0.3 is 12.0 Å². The molecule has 0 amide bonds. The van der Waals surface area contributed by atoms with Gasteiger partial charge in [-0.1, -0.05) is 6.42 Å². The van der Waals surface area contributed by atoms with Crippen LogP contribution in [-0.2, 0) is 4.79 Å². The lowest BCUT2D eigenvalue weighted by Crippen LogP contribution is -1.93. The van der Waals surface area contributed by atoms with Crippen LogP contribution in [0.5, 0.6) is 0 Å². The van der Waals surface area contributed by atoms with Gasteiger partial charge in [-0.3, -0.25) is 4.79 Å². The first-order valence-electron chi connectivity index (χ1n) is 3.95. The lowest BCUT2D eigenvalue weighted by Gasteiger charge is -1.96. The number of unbranched alkanes of at least 4 members (excludes halogenated alkanes) is 2. The van der Waals surface area contributed by atoms with E-state index in [1.807, 2.05) is 0 Å². The summed E-state index contributed by atoms with van der Waals surface area (Å²) in [6.07, 6.45) is -1.47. The van der Waals surface area contributed by atoms with Crippen LogP contribution in [0.25, 0.3) is 0 Å². The molecule has 1 N–H and O–H groups in total.